The van der Waals surface area contributed by atoms with Crippen LogP contribution in [-0.4, -0.2) is 43.3 Å². The van der Waals surface area contributed by atoms with Crippen LogP contribution in [0.25, 0.3) is 0 Å². The highest BCUT2D eigenvalue weighted by Crippen LogP contribution is 2.32. The lowest BCUT2D eigenvalue weighted by Crippen LogP contribution is -2.39. The molecule has 0 unspecified atom stereocenters. The van der Waals surface area contributed by atoms with Gasteiger partial charge in [0.1, 0.15) is 0 Å². The van der Waals surface area contributed by atoms with E-state index >= 15 is 0 Å². The van der Waals surface area contributed by atoms with E-state index in [4.69, 9.17) is 9.47 Å². The van der Waals surface area contributed by atoms with Crippen LogP contribution in [0.1, 0.15) is 11.1 Å². The molecule has 0 amide bonds. The van der Waals surface area contributed by atoms with E-state index in [-0.39, 0.29) is 24.0 Å². The molecule has 0 radical (unpaired) electrons. The van der Waals surface area contributed by atoms with E-state index in [0.717, 1.165) is 42.5 Å². The molecule has 0 aliphatic carbocycles. The Labute approximate surface area is 165 Å². The summed E-state index contributed by atoms with van der Waals surface area (Å²) in [5.41, 5.74) is 2.41. The molecule has 0 fully saturated rings. The number of fused-ring (bicyclic) bond motifs is 1. The lowest BCUT2D eigenvalue weighted by Gasteiger charge is -2.22. The second-order valence-electron chi connectivity index (χ2n) is 5.62. The molecular weight excluding hydrogens is 431 g/mol. The smallest absolute Gasteiger partial charge is 0.231 e. The van der Waals surface area contributed by atoms with Gasteiger partial charge in [-0.3, -0.25) is 9.98 Å². The summed E-state index contributed by atoms with van der Waals surface area (Å²) in [5, 5.41) is 3.39. The molecule has 7 heteroatoms. The first-order valence-electron chi connectivity index (χ1n) is 7.95. The third kappa shape index (κ3) is 5.22. The van der Waals surface area contributed by atoms with Gasteiger partial charge in [0.25, 0.3) is 0 Å². The van der Waals surface area contributed by atoms with Gasteiger partial charge in [0.05, 0.1) is 0 Å². The molecule has 0 spiro atoms. The highest BCUT2D eigenvalue weighted by Gasteiger charge is 2.14. The molecule has 1 aromatic carbocycles. The van der Waals surface area contributed by atoms with Crippen molar-refractivity contribution in [1.82, 2.24) is 15.2 Å². The molecule has 3 rings (SSSR count). The molecule has 0 bridgehead atoms. The van der Waals surface area contributed by atoms with Gasteiger partial charge in [-0.05, 0) is 41.8 Å². The van der Waals surface area contributed by atoms with Gasteiger partial charge >= 0.3 is 0 Å². The normalized spacial score (nSPS) is 12.5. The van der Waals surface area contributed by atoms with E-state index in [1.54, 1.807) is 7.05 Å². The summed E-state index contributed by atoms with van der Waals surface area (Å²) in [6.07, 6.45) is 4.56. The second-order valence-corrected chi connectivity index (χ2v) is 5.62. The summed E-state index contributed by atoms with van der Waals surface area (Å²) >= 11 is 0. The zero-order valence-corrected chi connectivity index (χ0v) is 16.8. The third-order valence-corrected chi connectivity index (χ3v) is 3.88. The van der Waals surface area contributed by atoms with Crippen molar-refractivity contribution in [3.8, 4) is 11.5 Å². The fraction of sp³-hybridized carbons (Fsp3) is 0.333. The van der Waals surface area contributed by atoms with Crippen molar-refractivity contribution in [2.24, 2.45) is 4.99 Å². The summed E-state index contributed by atoms with van der Waals surface area (Å²) in [6, 6.07) is 10.1. The molecular formula is C18H23IN4O2. The Kier molecular flexibility index (Phi) is 7.30. The monoisotopic (exact) mass is 454 g/mol. The zero-order chi connectivity index (χ0) is 16.8. The van der Waals surface area contributed by atoms with Crippen molar-refractivity contribution in [3.63, 3.8) is 0 Å². The van der Waals surface area contributed by atoms with Crippen LogP contribution in [0.15, 0.2) is 47.7 Å². The molecule has 0 saturated carbocycles. The fourth-order valence-corrected chi connectivity index (χ4v) is 2.64. The number of aliphatic imine (C=N–C) groups is 1. The number of halogens is 1. The highest BCUT2D eigenvalue weighted by molar-refractivity contribution is 14.0. The van der Waals surface area contributed by atoms with Crippen LogP contribution in [-0.2, 0) is 13.0 Å². The maximum absolute atomic E-state index is 5.43. The number of pyridine rings is 1. The van der Waals surface area contributed by atoms with Crippen LogP contribution >= 0.6 is 24.0 Å². The third-order valence-electron chi connectivity index (χ3n) is 3.88. The van der Waals surface area contributed by atoms with Crippen LogP contribution in [0.3, 0.4) is 0 Å². The van der Waals surface area contributed by atoms with Crippen molar-refractivity contribution in [3.05, 3.63) is 53.9 Å². The minimum absolute atomic E-state index is 0. The fourth-order valence-electron chi connectivity index (χ4n) is 2.64. The Balaban J connectivity index is 0.00000225. The van der Waals surface area contributed by atoms with Gasteiger partial charge in [-0.15, -0.1) is 24.0 Å². The van der Waals surface area contributed by atoms with Gasteiger partial charge in [-0.2, -0.15) is 0 Å². The van der Waals surface area contributed by atoms with E-state index in [1.807, 2.05) is 49.8 Å². The Bertz CT molecular complexity index is 709. The maximum atomic E-state index is 5.43. The van der Waals surface area contributed by atoms with Crippen LogP contribution < -0.4 is 14.8 Å². The van der Waals surface area contributed by atoms with Crippen molar-refractivity contribution in [2.75, 3.05) is 27.4 Å². The lowest BCUT2D eigenvalue weighted by molar-refractivity contribution is 0.174. The predicted molar refractivity (Wildman–Crippen MR) is 109 cm³/mol. The van der Waals surface area contributed by atoms with E-state index in [9.17, 15) is 0 Å². The molecule has 6 nitrogen and oxygen atoms in total. The topological polar surface area (TPSA) is 59.0 Å². The Hall–Kier alpha value is -2.03. The van der Waals surface area contributed by atoms with Crippen LogP contribution in [0.5, 0.6) is 11.5 Å². The van der Waals surface area contributed by atoms with Crippen LogP contribution in [0.4, 0.5) is 0 Å². The summed E-state index contributed by atoms with van der Waals surface area (Å²) in [7, 11) is 3.82. The van der Waals surface area contributed by atoms with E-state index in [1.165, 1.54) is 5.56 Å². The SMILES string of the molecule is CN=C(NCCc1ccncc1)N(C)Cc1ccc2c(c1)OCO2.I. The number of aromatic nitrogens is 1. The van der Waals surface area contributed by atoms with Crippen LogP contribution in [0.2, 0.25) is 0 Å². The van der Waals surface area contributed by atoms with Gasteiger partial charge in [0, 0.05) is 39.6 Å². The second kappa shape index (κ2) is 9.45. The summed E-state index contributed by atoms with van der Waals surface area (Å²) in [5.74, 6) is 2.48. The van der Waals surface area contributed by atoms with Gasteiger partial charge in [0.15, 0.2) is 17.5 Å². The Morgan fingerprint density at radius 1 is 1.16 bits per heavy atom. The molecule has 25 heavy (non-hydrogen) atoms. The first-order valence-corrected chi connectivity index (χ1v) is 7.95. The van der Waals surface area contributed by atoms with Crippen molar-refractivity contribution in [2.45, 2.75) is 13.0 Å². The summed E-state index contributed by atoms with van der Waals surface area (Å²) in [6.45, 7) is 1.86. The largest absolute Gasteiger partial charge is 0.454 e. The summed E-state index contributed by atoms with van der Waals surface area (Å²) in [4.78, 5) is 10.5. The molecule has 1 aliphatic rings. The molecule has 1 aliphatic heterocycles. The molecule has 0 saturated heterocycles. The van der Waals surface area contributed by atoms with E-state index in [2.05, 4.69) is 20.2 Å². The average molecular weight is 454 g/mol. The van der Waals surface area contributed by atoms with E-state index in [0.29, 0.717) is 6.79 Å². The Morgan fingerprint density at radius 3 is 2.68 bits per heavy atom. The lowest BCUT2D eigenvalue weighted by atomic mass is 10.2. The summed E-state index contributed by atoms with van der Waals surface area (Å²) < 4.78 is 10.8. The number of hydrogen-bond acceptors (Lipinski definition) is 4. The standard InChI is InChI=1S/C18H22N4O2.HI/c1-19-18(21-10-7-14-5-8-20-9-6-14)22(2)12-15-3-4-16-17(11-15)24-13-23-16;/h3-6,8-9,11H,7,10,12-13H2,1-2H3,(H,19,21);1H. The number of nitrogens with one attached hydrogen (secondary N) is 1. The van der Waals surface area contributed by atoms with Gasteiger partial charge in [0.2, 0.25) is 6.79 Å². The molecule has 1 aromatic heterocycles. The maximum Gasteiger partial charge on any atom is 0.231 e. The van der Waals surface area contributed by atoms with Crippen LogP contribution in [0, 0.1) is 0 Å². The van der Waals surface area contributed by atoms with Gasteiger partial charge < -0.3 is 19.7 Å². The molecule has 2 aromatic rings. The molecule has 134 valence electrons. The van der Waals surface area contributed by atoms with Gasteiger partial charge in [-0.25, -0.2) is 0 Å². The number of hydrogen-bond donors (Lipinski definition) is 1. The number of guanidine groups is 1. The van der Waals surface area contributed by atoms with Crippen molar-refractivity contribution < 1.29 is 9.47 Å². The predicted octanol–water partition coefficient (Wildman–Crippen LogP) is 2.68. The highest BCUT2D eigenvalue weighted by atomic mass is 127. The zero-order valence-electron chi connectivity index (χ0n) is 14.4. The van der Waals surface area contributed by atoms with Gasteiger partial charge in [-0.1, -0.05) is 6.07 Å². The first kappa shape index (κ1) is 19.3. The molecule has 1 N–H and O–H groups in total. The minimum Gasteiger partial charge on any atom is -0.454 e. The number of rotatable bonds is 5. The molecule has 2 heterocycles. The minimum atomic E-state index is 0. The Morgan fingerprint density at radius 2 is 1.92 bits per heavy atom. The first-order chi connectivity index (χ1) is 11.8. The molecule has 0 atom stereocenters. The average Bonchev–Trinajstić information content (AvgIpc) is 3.07. The quantitative estimate of drug-likeness (QED) is 0.428. The number of nitrogens with zero attached hydrogens (tertiary/aromatic N) is 3. The van der Waals surface area contributed by atoms with E-state index < -0.39 is 0 Å². The van der Waals surface area contributed by atoms with Crippen molar-refractivity contribution in [1.29, 1.82) is 0 Å². The number of benzene rings is 1. The van der Waals surface area contributed by atoms with Crippen molar-refractivity contribution >= 4 is 29.9 Å². The number of ether oxygens (including phenoxy) is 2.